The van der Waals surface area contributed by atoms with E-state index in [0.29, 0.717) is 11.1 Å². The number of nitrogens with zero attached hydrogens (tertiary/aromatic N) is 4. The van der Waals surface area contributed by atoms with Gasteiger partial charge in [0.25, 0.3) is 0 Å². The van der Waals surface area contributed by atoms with Gasteiger partial charge >= 0.3 is 0 Å². The van der Waals surface area contributed by atoms with Gasteiger partial charge in [-0.3, -0.25) is 0 Å². The van der Waals surface area contributed by atoms with Crippen LogP contribution in [0.3, 0.4) is 0 Å². The maximum absolute atomic E-state index is 6.17. The molecular weight excluding hydrogens is 480 g/mol. The highest BCUT2D eigenvalue weighted by molar-refractivity contribution is 7.80. The Bertz CT molecular complexity index is 1000. The molecule has 0 spiro atoms. The van der Waals surface area contributed by atoms with E-state index < -0.39 is 0 Å². The van der Waals surface area contributed by atoms with Gasteiger partial charge in [-0.2, -0.15) is 9.97 Å². The Balaban J connectivity index is 1.30. The van der Waals surface area contributed by atoms with E-state index in [4.69, 9.17) is 38.5 Å². The maximum atomic E-state index is 6.17. The minimum Gasteiger partial charge on any atom is -0.378 e. The topological polar surface area (TPSA) is 65.6 Å². The molecule has 2 aliphatic heterocycles. The fourth-order valence-electron chi connectivity index (χ4n) is 5.54. The highest BCUT2D eigenvalue weighted by atomic mass is 35.5. The Hall–Kier alpha value is -2.16. The second-order valence-corrected chi connectivity index (χ2v) is 10.7. The second-order valence-electron chi connectivity index (χ2n) is 9.86. The number of thiocarbonyl (C=S) groups is 1. The number of halogens is 1. The van der Waals surface area contributed by atoms with Gasteiger partial charge in [-0.1, -0.05) is 43.0 Å². The van der Waals surface area contributed by atoms with Crippen molar-refractivity contribution >= 4 is 46.5 Å². The number of hydrogen-bond donors (Lipinski definition) is 2. The molecule has 3 fully saturated rings. The van der Waals surface area contributed by atoms with Crippen LogP contribution in [0.2, 0.25) is 5.02 Å². The summed E-state index contributed by atoms with van der Waals surface area (Å²) in [4.78, 5) is 14.3. The molecular formula is C26H35ClN6OS. The standard InChI is InChI=1S/C26H35ClN6OS/c27-21-8-6-20(7-9-21)26(10-2-1-3-11-26)19-28-25(35)31-24-29-22(32-12-4-5-13-32)18-23(30-24)33-14-16-34-17-15-33/h6-9,18H,1-5,10-17,19H2,(H2,28,29,30,31,35). The minimum atomic E-state index is 0.0613. The normalized spacial score (nSPS) is 20.0. The number of nitrogens with one attached hydrogen (secondary N) is 2. The van der Waals surface area contributed by atoms with Crippen molar-refractivity contribution in [1.29, 1.82) is 0 Å². The van der Waals surface area contributed by atoms with Gasteiger partial charge in [0.15, 0.2) is 5.11 Å². The van der Waals surface area contributed by atoms with Crippen molar-refractivity contribution in [2.75, 3.05) is 61.1 Å². The molecule has 0 unspecified atom stereocenters. The van der Waals surface area contributed by atoms with E-state index in [1.54, 1.807) is 0 Å². The highest BCUT2D eigenvalue weighted by Gasteiger charge is 2.34. The molecule has 188 valence electrons. The summed E-state index contributed by atoms with van der Waals surface area (Å²) in [5, 5.41) is 8.14. The van der Waals surface area contributed by atoms with Crippen LogP contribution in [0.15, 0.2) is 30.3 Å². The lowest BCUT2D eigenvalue weighted by Crippen LogP contribution is -2.43. The van der Waals surface area contributed by atoms with Crippen LogP contribution in [0, 0.1) is 0 Å². The second kappa shape index (κ2) is 11.3. The number of rotatable bonds is 6. The summed E-state index contributed by atoms with van der Waals surface area (Å²) < 4.78 is 5.54. The van der Waals surface area contributed by atoms with Crippen LogP contribution in [0.4, 0.5) is 17.6 Å². The Morgan fingerprint density at radius 1 is 0.914 bits per heavy atom. The first-order valence-electron chi connectivity index (χ1n) is 12.9. The van der Waals surface area contributed by atoms with Gasteiger partial charge in [-0.25, -0.2) is 0 Å². The van der Waals surface area contributed by atoms with E-state index in [0.717, 1.165) is 75.4 Å². The van der Waals surface area contributed by atoms with E-state index in [1.165, 1.54) is 37.7 Å². The predicted molar refractivity (Wildman–Crippen MR) is 147 cm³/mol. The summed E-state index contributed by atoms with van der Waals surface area (Å²) in [7, 11) is 0. The lowest BCUT2D eigenvalue weighted by atomic mass is 9.69. The highest BCUT2D eigenvalue weighted by Crippen LogP contribution is 2.39. The maximum Gasteiger partial charge on any atom is 0.232 e. The monoisotopic (exact) mass is 514 g/mol. The lowest BCUT2D eigenvalue weighted by Gasteiger charge is -2.38. The summed E-state index contributed by atoms with van der Waals surface area (Å²) in [5.41, 5.74) is 1.39. The lowest BCUT2D eigenvalue weighted by molar-refractivity contribution is 0.122. The molecule has 1 aliphatic carbocycles. The van der Waals surface area contributed by atoms with Gasteiger partial charge in [0.1, 0.15) is 11.6 Å². The molecule has 7 nitrogen and oxygen atoms in total. The fraction of sp³-hybridized carbons (Fsp3) is 0.577. The van der Waals surface area contributed by atoms with Crippen molar-refractivity contribution < 1.29 is 4.74 Å². The summed E-state index contributed by atoms with van der Waals surface area (Å²) in [6.07, 6.45) is 8.44. The molecule has 1 aromatic carbocycles. The summed E-state index contributed by atoms with van der Waals surface area (Å²) in [6.45, 7) is 5.96. The van der Waals surface area contributed by atoms with Crippen molar-refractivity contribution in [3.05, 3.63) is 40.9 Å². The Morgan fingerprint density at radius 3 is 2.20 bits per heavy atom. The van der Waals surface area contributed by atoms with Crippen LogP contribution < -0.4 is 20.4 Å². The molecule has 2 N–H and O–H groups in total. The molecule has 2 saturated heterocycles. The molecule has 0 bridgehead atoms. The summed E-state index contributed by atoms with van der Waals surface area (Å²) >= 11 is 11.9. The first kappa shape index (κ1) is 24.5. The van der Waals surface area contributed by atoms with Crippen LogP contribution >= 0.6 is 23.8 Å². The van der Waals surface area contributed by atoms with E-state index in [9.17, 15) is 0 Å². The van der Waals surface area contributed by atoms with E-state index in [2.05, 4.69) is 38.6 Å². The van der Waals surface area contributed by atoms with Gasteiger partial charge in [-0.05, 0) is 55.6 Å². The Morgan fingerprint density at radius 2 is 1.54 bits per heavy atom. The predicted octanol–water partition coefficient (Wildman–Crippen LogP) is 4.76. The van der Waals surface area contributed by atoms with Crippen LogP contribution in [0.25, 0.3) is 0 Å². The zero-order chi connectivity index (χ0) is 24.1. The molecule has 3 heterocycles. The average Bonchev–Trinajstić information content (AvgIpc) is 3.44. The van der Waals surface area contributed by atoms with Crippen LogP contribution in [0.5, 0.6) is 0 Å². The number of aromatic nitrogens is 2. The number of morpholine rings is 1. The molecule has 0 atom stereocenters. The smallest absolute Gasteiger partial charge is 0.232 e. The molecule has 3 aliphatic rings. The molecule has 1 saturated carbocycles. The minimum absolute atomic E-state index is 0.0613. The van der Waals surface area contributed by atoms with Crippen molar-refractivity contribution in [1.82, 2.24) is 15.3 Å². The van der Waals surface area contributed by atoms with Crippen LogP contribution in [-0.2, 0) is 10.2 Å². The number of hydrogen-bond acceptors (Lipinski definition) is 6. The first-order valence-corrected chi connectivity index (χ1v) is 13.7. The zero-order valence-corrected chi connectivity index (χ0v) is 21.8. The van der Waals surface area contributed by atoms with Crippen molar-refractivity contribution in [3.63, 3.8) is 0 Å². The average molecular weight is 515 g/mol. The van der Waals surface area contributed by atoms with Gasteiger partial charge < -0.3 is 25.2 Å². The van der Waals surface area contributed by atoms with E-state index >= 15 is 0 Å². The van der Waals surface area contributed by atoms with Gasteiger partial charge in [0.05, 0.1) is 13.2 Å². The van der Waals surface area contributed by atoms with Crippen LogP contribution in [0.1, 0.15) is 50.5 Å². The van der Waals surface area contributed by atoms with Gasteiger partial charge in [0, 0.05) is 49.2 Å². The zero-order valence-electron chi connectivity index (χ0n) is 20.3. The molecule has 2 aromatic rings. The third kappa shape index (κ3) is 5.98. The molecule has 35 heavy (non-hydrogen) atoms. The largest absolute Gasteiger partial charge is 0.378 e. The molecule has 0 radical (unpaired) electrons. The van der Waals surface area contributed by atoms with Gasteiger partial charge in [-0.15, -0.1) is 0 Å². The fourth-order valence-corrected chi connectivity index (χ4v) is 5.82. The Kier molecular flexibility index (Phi) is 7.90. The van der Waals surface area contributed by atoms with Crippen molar-refractivity contribution in [2.45, 2.75) is 50.4 Å². The summed E-state index contributed by atoms with van der Waals surface area (Å²) in [6, 6.07) is 10.4. The molecule has 9 heteroatoms. The van der Waals surface area contributed by atoms with Crippen molar-refractivity contribution in [2.24, 2.45) is 0 Å². The summed E-state index contributed by atoms with van der Waals surface area (Å²) in [5.74, 6) is 2.45. The third-order valence-corrected chi connectivity index (χ3v) is 8.04. The molecule has 1 aromatic heterocycles. The number of anilines is 3. The molecule has 0 amide bonds. The quantitative estimate of drug-likeness (QED) is 0.535. The number of benzene rings is 1. The van der Waals surface area contributed by atoms with E-state index in [-0.39, 0.29) is 5.41 Å². The third-order valence-electron chi connectivity index (χ3n) is 7.54. The number of ether oxygens (including phenoxy) is 1. The van der Waals surface area contributed by atoms with E-state index in [1.807, 2.05) is 12.1 Å². The SMILES string of the molecule is S=C(NCC1(c2ccc(Cl)cc2)CCCCC1)Nc1nc(N2CCCC2)cc(N2CCOCC2)n1. The first-order chi connectivity index (χ1) is 17.1. The van der Waals surface area contributed by atoms with Gasteiger partial charge in [0.2, 0.25) is 5.95 Å². The van der Waals surface area contributed by atoms with Crippen molar-refractivity contribution in [3.8, 4) is 0 Å². The molecule has 5 rings (SSSR count). The Labute approximate surface area is 218 Å². The van der Waals surface area contributed by atoms with Crippen LogP contribution in [-0.4, -0.2) is 61.0 Å².